The van der Waals surface area contributed by atoms with Crippen molar-refractivity contribution in [3.8, 4) is 11.5 Å². The molecule has 0 radical (unpaired) electrons. The average molecular weight is 265 g/mol. The van der Waals surface area contributed by atoms with Crippen LogP contribution in [0.1, 0.15) is 25.8 Å². The van der Waals surface area contributed by atoms with Gasteiger partial charge in [-0.05, 0) is 30.0 Å². The molecule has 0 fully saturated rings. The molecule has 0 saturated carbocycles. The van der Waals surface area contributed by atoms with E-state index in [-0.39, 0.29) is 5.91 Å². The van der Waals surface area contributed by atoms with Crippen molar-refractivity contribution in [3.05, 3.63) is 23.8 Å². The highest BCUT2D eigenvalue weighted by molar-refractivity contribution is 5.76. The van der Waals surface area contributed by atoms with Crippen LogP contribution in [0.4, 0.5) is 0 Å². The zero-order chi connectivity index (χ0) is 14.3. The summed E-state index contributed by atoms with van der Waals surface area (Å²) in [5, 5.41) is 2.92. The molecular weight excluding hydrogens is 242 g/mol. The molecule has 19 heavy (non-hydrogen) atoms. The lowest BCUT2D eigenvalue weighted by Crippen LogP contribution is -2.26. The van der Waals surface area contributed by atoms with Crippen LogP contribution in [0.5, 0.6) is 11.5 Å². The standard InChI is InChI=1S/C15H23NO3/c1-11(2)9-15(17)16-8-7-12-5-6-13(18-3)14(10-12)19-4/h5-6,10-11H,7-9H2,1-4H3,(H,16,17). The molecule has 0 bridgehead atoms. The smallest absolute Gasteiger partial charge is 0.220 e. The van der Waals surface area contributed by atoms with Gasteiger partial charge in [-0.2, -0.15) is 0 Å². The van der Waals surface area contributed by atoms with Gasteiger partial charge in [-0.1, -0.05) is 19.9 Å². The third kappa shape index (κ3) is 5.20. The minimum atomic E-state index is 0.107. The third-order valence-corrected chi connectivity index (χ3v) is 2.78. The molecule has 0 unspecified atom stereocenters. The Morgan fingerprint density at radius 3 is 2.47 bits per heavy atom. The average Bonchev–Trinajstić information content (AvgIpc) is 2.37. The van der Waals surface area contributed by atoms with Gasteiger partial charge in [0.05, 0.1) is 14.2 Å². The Morgan fingerprint density at radius 2 is 1.89 bits per heavy atom. The minimum Gasteiger partial charge on any atom is -0.493 e. The van der Waals surface area contributed by atoms with Gasteiger partial charge in [0.1, 0.15) is 0 Å². The molecule has 4 nitrogen and oxygen atoms in total. The van der Waals surface area contributed by atoms with Crippen LogP contribution in [0.25, 0.3) is 0 Å². The zero-order valence-electron chi connectivity index (χ0n) is 12.2. The van der Waals surface area contributed by atoms with Gasteiger partial charge in [0.2, 0.25) is 5.91 Å². The number of rotatable bonds is 7. The second-order valence-electron chi connectivity index (χ2n) is 4.89. The number of hydrogen-bond donors (Lipinski definition) is 1. The molecule has 1 rings (SSSR count). The monoisotopic (exact) mass is 265 g/mol. The fraction of sp³-hybridized carbons (Fsp3) is 0.533. The van der Waals surface area contributed by atoms with Gasteiger partial charge < -0.3 is 14.8 Å². The lowest BCUT2D eigenvalue weighted by Gasteiger charge is -2.10. The summed E-state index contributed by atoms with van der Waals surface area (Å²) in [4.78, 5) is 11.5. The molecule has 106 valence electrons. The third-order valence-electron chi connectivity index (χ3n) is 2.78. The summed E-state index contributed by atoms with van der Waals surface area (Å²) in [6.07, 6.45) is 1.36. The number of amides is 1. The summed E-state index contributed by atoms with van der Waals surface area (Å²) in [5.41, 5.74) is 1.11. The molecule has 1 aromatic rings. The van der Waals surface area contributed by atoms with Crippen LogP contribution in [0, 0.1) is 5.92 Å². The molecule has 0 aliphatic carbocycles. The van der Waals surface area contributed by atoms with Crippen LogP contribution < -0.4 is 14.8 Å². The largest absolute Gasteiger partial charge is 0.493 e. The fourth-order valence-electron chi connectivity index (χ4n) is 1.83. The Labute approximate surface area is 115 Å². The molecule has 0 spiro atoms. The Morgan fingerprint density at radius 1 is 1.21 bits per heavy atom. The van der Waals surface area contributed by atoms with E-state index in [0.29, 0.717) is 24.6 Å². The van der Waals surface area contributed by atoms with Gasteiger partial charge in [-0.15, -0.1) is 0 Å². The second-order valence-corrected chi connectivity index (χ2v) is 4.89. The van der Waals surface area contributed by atoms with E-state index in [1.807, 2.05) is 32.0 Å². The van der Waals surface area contributed by atoms with Crippen molar-refractivity contribution in [2.75, 3.05) is 20.8 Å². The van der Waals surface area contributed by atoms with Crippen molar-refractivity contribution < 1.29 is 14.3 Å². The molecular formula is C15H23NO3. The van der Waals surface area contributed by atoms with Gasteiger partial charge in [-0.3, -0.25) is 4.79 Å². The first-order valence-corrected chi connectivity index (χ1v) is 6.54. The Bertz CT molecular complexity index is 416. The lowest BCUT2D eigenvalue weighted by atomic mass is 10.1. The van der Waals surface area contributed by atoms with Crippen LogP contribution in [0.2, 0.25) is 0 Å². The quantitative estimate of drug-likeness (QED) is 0.823. The molecule has 1 aromatic carbocycles. The lowest BCUT2D eigenvalue weighted by molar-refractivity contribution is -0.121. The van der Waals surface area contributed by atoms with E-state index >= 15 is 0 Å². The van der Waals surface area contributed by atoms with Crippen LogP contribution in [-0.2, 0) is 11.2 Å². The summed E-state index contributed by atoms with van der Waals surface area (Å²) < 4.78 is 10.4. The normalized spacial score (nSPS) is 10.4. The first kappa shape index (κ1) is 15.3. The van der Waals surface area contributed by atoms with Crippen LogP contribution in [-0.4, -0.2) is 26.7 Å². The first-order chi connectivity index (χ1) is 9.06. The Kier molecular flexibility index (Phi) is 6.19. The molecule has 1 amide bonds. The predicted octanol–water partition coefficient (Wildman–Crippen LogP) is 2.41. The maximum absolute atomic E-state index is 11.5. The van der Waals surface area contributed by atoms with Crippen molar-refractivity contribution >= 4 is 5.91 Å². The number of benzene rings is 1. The van der Waals surface area contributed by atoms with Crippen molar-refractivity contribution in [1.29, 1.82) is 0 Å². The Balaban J connectivity index is 2.47. The second kappa shape index (κ2) is 7.67. The van der Waals surface area contributed by atoms with E-state index in [0.717, 1.165) is 17.7 Å². The van der Waals surface area contributed by atoms with Crippen LogP contribution in [0.3, 0.4) is 0 Å². The van der Waals surface area contributed by atoms with E-state index in [4.69, 9.17) is 9.47 Å². The minimum absolute atomic E-state index is 0.107. The van der Waals surface area contributed by atoms with Crippen LogP contribution in [0.15, 0.2) is 18.2 Å². The van der Waals surface area contributed by atoms with Gasteiger partial charge >= 0.3 is 0 Å². The Hall–Kier alpha value is -1.71. The van der Waals surface area contributed by atoms with E-state index in [1.165, 1.54) is 0 Å². The van der Waals surface area contributed by atoms with E-state index in [2.05, 4.69) is 5.32 Å². The van der Waals surface area contributed by atoms with Crippen molar-refractivity contribution in [2.45, 2.75) is 26.7 Å². The van der Waals surface area contributed by atoms with Crippen molar-refractivity contribution in [2.24, 2.45) is 5.92 Å². The van der Waals surface area contributed by atoms with E-state index in [1.54, 1.807) is 14.2 Å². The highest BCUT2D eigenvalue weighted by atomic mass is 16.5. The fourth-order valence-corrected chi connectivity index (χ4v) is 1.83. The van der Waals surface area contributed by atoms with Crippen LogP contribution >= 0.6 is 0 Å². The molecule has 0 heterocycles. The van der Waals surface area contributed by atoms with Gasteiger partial charge in [-0.25, -0.2) is 0 Å². The zero-order valence-corrected chi connectivity index (χ0v) is 12.2. The molecule has 0 aromatic heterocycles. The van der Waals surface area contributed by atoms with Gasteiger partial charge in [0.15, 0.2) is 11.5 Å². The summed E-state index contributed by atoms with van der Waals surface area (Å²) in [7, 11) is 3.23. The molecule has 0 aliphatic heterocycles. The molecule has 0 saturated heterocycles. The highest BCUT2D eigenvalue weighted by Crippen LogP contribution is 2.27. The number of carbonyl (C=O) groups excluding carboxylic acids is 1. The SMILES string of the molecule is COc1ccc(CCNC(=O)CC(C)C)cc1OC. The highest BCUT2D eigenvalue weighted by Gasteiger charge is 2.06. The molecule has 0 aliphatic rings. The summed E-state index contributed by atoms with van der Waals surface area (Å²) in [6.45, 7) is 4.71. The summed E-state index contributed by atoms with van der Waals surface area (Å²) in [6, 6.07) is 5.80. The number of nitrogens with one attached hydrogen (secondary N) is 1. The molecule has 1 N–H and O–H groups in total. The summed E-state index contributed by atoms with van der Waals surface area (Å²) >= 11 is 0. The van der Waals surface area contributed by atoms with E-state index < -0.39 is 0 Å². The summed E-state index contributed by atoms with van der Waals surface area (Å²) in [5.74, 6) is 1.93. The molecule has 4 heteroatoms. The maximum Gasteiger partial charge on any atom is 0.220 e. The van der Waals surface area contributed by atoms with Crippen molar-refractivity contribution in [3.63, 3.8) is 0 Å². The number of ether oxygens (including phenoxy) is 2. The molecule has 0 atom stereocenters. The van der Waals surface area contributed by atoms with E-state index in [9.17, 15) is 4.79 Å². The maximum atomic E-state index is 11.5. The number of carbonyl (C=O) groups is 1. The van der Waals surface area contributed by atoms with Gasteiger partial charge in [0, 0.05) is 13.0 Å². The topological polar surface area (TPSA) is 47.6 Å². The predicted molar refractivity (Wildman–Crippen MR) is 75.7 cm³/mol. The van der Waals surface area contributed by atoms with Gasteiger partial charge in [0.25, 0.3) is 0 Å². The number of methoxy groups -OCH3 is 2. The first-order valence-electron chi connectivity index (χ1n) is 6.54. The van der Waals surface area contributed by atoms with Crippen molar-refractivity contribution in [1.82, 2.24) is 5.32 Å². The number of hydrogen-bond acceptors (Lipinski definition) is 3.